The minimum Gasteiger partial charge on any atom is -0.330 e. The molecule has 0 aliphatic carbocycles. The Bertz CT molecular complexity index is 325. The quantitative estimate of drug-likeness (QED) is 0.783. The molecular weight excluding hydrogens is 217 g/mol. The predicted molar refractivity (Wildman–Crippen MR) is 47.0 cm³/mol. The number of pyridine rings is 1. The molecule has 2 nitrogen and oxygen atoms in total. The molecule has 0 spiro atoms. The van der Waals surface area contributed by atoms with Crippen molar-refractivity contribution in [1.82, 2.24) is 4.98 Å². The number of hydrogen-bond acceptors (Lipinski definition) is 2. The zero-order valence-corrected chi connectivity index (χ0v) is 7.86. The molecule has 0 aliphatic heterocycles. The highest BCUT2D eigenvalue weighted by atomic mass is 35.5. The number of nitrogens with zero attached hydrogens (tertiary/aromatic N) is 1. The Labute approximate surface area is 83.9 Å². The lowest BCUT2D eigenvalue weighted by atomic mass is 10.1. The maximum atomic E-state index is 12.4. The van der Waals surface area contributed by atoms with Crippen molar-refractivity contribution >= 4 is 11.6 Å². The van der Waals surface area contributed by atoms with Gasteiger partial charge in [0, 0.05) is 6.42 Å². The van der Waals surface area contributed by atoms with Crippen LogP contribution in [0.2, 0.25) is 5.15 Å². The van der Waals surface area contributed by atoms with E-state index in [2.05, 4.69) is 4.98 Å². The van der Waals surface area contributed by atoms with Crippen molar-refractivity contribution in [3.05, 3.63) is 28.5 Å². The van der Waals surface area contributed by atoms with Gasteiger partial charge in [-0.1, -0.05) is 11.6 Å². The molecule has 0 aliphatic rings. The Hall–Kier alpha value is -0.810. The van der Waals surface area contributed by atoms with Gasteiger partial charge in [-0.2, -0.15) is 13.2 Å². The summed E-state index contributed by atoms with van der Waals surface area (Å²) in [7, 11) is 0. The van der Waals surface area contributed by atoms with Gasteiger partial charge in [0.1, 0.15) is 5.15 Å². The number of aromatic nitrogens is 1. The smallest absolute Gasteiger partial charge is 0.330 e. The summed E-state index contributed by atoms with van der Waals surface area (Å²) in [4.78, 5) is 3.59. The molecule has 2 N–H and O–H groups in total. The Morgan fingerprint density at radius 2 is 2.00 bits per heavy atom. The monoisotopic (exact) mass is 224 g/mol. The molecule has 0 aromatic carbocycles. The van der Waals surface area contributed by atoms with Crippen LogP contribution in [0.25, 0.3) is 0 Å². The maximum absolute atomic E-state index is 12.4. The van der Waals surface area contributed by atoms with E-state index in [1.165, 1.54) is 0 Å². The maximum Gasteiger partial charge on any atom is 0.418 e. The normalized spacial score (nSPS) is 11.8. The van der Waals surface area contributed by atoms with Crippen LogP contribution in [0.5, 0.6) is 0 Å². The van der Waals surface area contributed by atoms with Crippen LogP contribution >= 0.6 is 11.6 Å². The van der Waals surface area contributed by atoms with Crippen LogP contribution < -0.4 is 5.73 Å². The van der Waals surface area contributed by atoms with Crippen LogP contribution in [0, 0.1) is 0 Å². The van der Waals surface area contributed by atoms with E-state index < -0.39 is 11.7 Å². The second kappa shape index (κ2) is 4.14. The van der Waals surface area contributed by atoms with Crippen molar-refractivity contribution in [3.8, 4) is 0 Å². The highest BCUT2D eigenvalue weighted by molar-refractivity contribution is 6.29. The van der Waals surface area contributed by atoms with Crippen molar-refractivity contribution in [2.45, 2.75) is 12.6 Å². The zero-order valence-electron chi connectivity index (χ0n) is 7.11. The van der Waals surface area contributed by atoms with Gasteiger partial charge in [-0.3, -0.25) is 0 Å². The Balaban J connectivity index is 3.15. The van der Waals surface area contributed by atoms with E-state index in [4.69, 9.17) is 17.3 Å². The fourth-order valence-electron chi connectivity index (χ4n) is 1.06. The number of hydrogen-bond donors (Lipinski definition) is 1. The third-order valence-corrected chi connectivity index (χ3v) is 1.84. The van der Waals surface area contributed by atoms with Gasteiger partial charge in [-0.05, 0) is 18.7 Å². The Morgan fingerprint density at radius 1 is 1.36 bits per heavy atom. The average molecular weight is 225 g/mol. The van der Waals surface area contributed by atoms with E-state index in [1.54, 1.807) is 0 Å². The van der Waals surface area contributed by atoms with Gasteiger partial charge in [-0.25, -0.2) is 4.98 Å². The second-order valence-electron chi connectivity index (χ2n) is 2.66. The van der Waals surface area contributed by atoms with Gasteiger partial charge in [0.05, 0.1) is 11.3 Å². The summed E-state index contributed by atoms with van der Waals surface area (Å²) in [5.74, 6) is 0. The van der Waals surface area contributed by atoms with Crippen molar-refractivity contribution in [1.29, 1.82) is 0 Å². The number of rotatable bonds is 2. The first kappa shape index (κ1) is 11.3. The molecule has 1 heterocycles. The molecule has 1 aromatic heterocycles. The van der Waals surface area contributed by atoms with Gasteiger partial charge in [0.15, 0.2) is 0 Å². The first-order valence-corrected chi connectivity index (χ1v) is 4.25. The predicted octanol–water partition coefficient (Wildman–Crippen LogP) is 2.25. The third-order valence-electron chi connectivity index (χ3n) is 1.63. The van der Waals surface area contributed by atoms with Crippen LogP contribution in [0.1, 0.15) is 11.3 Å². The summed E-state index contributed by atoms with van der Waals surface area (Å²) >= 11 is 5.48. The Morgan fingerprint density at radius 3 is 2.50 bits per heavy atom. The Kier molecular flexibility index (Phi) is 3.34. The molecule has 0 saturated carbocycles. The summed E-state index contributed by atoms with van der Waals surface area (Å²) in [6, 6.07) is 2.03. The molecule has 0 radical (unpaired) electrons. The minimum absolute atomic E-state index is 0.0430. The zero-order chi connectivity index (χ0) is 10.8. The van der Waals surface area contributed by atoms with E-state index in [0.29, 0.717) is 0 Å². The first-order chi connectivity index (χ1) is 6.45. The molecular formula is C8H8ClF3N2. The van der Waals surface area contributed by atoms with Crippen LogP contribution in [0.15, 0.2) is 12.1 Å². The molecule has 78 valence electrons. The van der Waals surface area contributed by atoms with Crippen molar-refractivity contribution in [3.63, 3.8) is 0 Å². The van der Waals surface area contributed by atoms with Gasteiger partial charge in [0.25, 0.3) is 0 Å². The number of alkyl halides is 3. The van der Waals surface area contributed by atoms with Gasteiger partial charge >= 0.3 is 6.18 Å². The largest absolute Gasteiger partial charge is 0.418 e. The molecule has 1 rings (SSSR count). The second-order valence-corrected chi connectivity index (χ2v) is 3.05. The molecule has 0 saturated heterocycles. The molecule has 0 fully saturated rings. The molecule has 0 bridgehead atoms. The van der Waals surface area contributed by atoms with Crippen LogP contribution in [-0.2, 0) is 12.6 Å². The standard InChI is InChI=1S/C8H8ClF3N2/c9-7-2-1-5(8(10,11)12)6(14-7)3-4-13/h1-2H,3-4,13H2. The number of halogens is 4. The molecule has 1 aromatic rings. The fraction of sp³-hybridized carbons (Fsp3) is 0.375. The lowest BCUT2D eigenvalue weighted by Gasteiger charge is -2.11. The van der Waals surface area contributed by atoms with Gasteiger partial charge < -0.3 is 5.73 Å². The first-order valence-electron chi connectivity index (χ1n) is 3.88. The topological polar surface area (TPSA) is 38.9 Å². The fourth-order valence-corrected chi connectivity index (χ4v) is 1.23. The SMILES string of the molecule is NCCc1nc(Cl)ccc1C(F)(F)F. The van der Waals surface area contributed by atoms with E-state index in [-0.39, 0.29) is 23.8 Å². The van der Waals surface area contributed by atoms with E-state index in [1.807, 2.05) is 0 Å². The molecule has 0 unspecified atom stereocenters. The van der Waals surface area contributed by atoms with E-state index in [0.717, 1.165) is 12.1 Å². The summed E-state index contributed by atoms with van der Waals surface area (Å²) in [6.45, 7) is 0.108. The van der Waals surface area contributed by atoms with E-state index >= 15 is 0 Å². The lowest BCUT2D eigenvalue weighted by molar-refractivity contribution is -0.138. The minimum atomic E-state index is -4.40. The summed E-state index contributed by atoms with van der Waals surface area (Å²) in [5.41, 5.74) is 4.30. The lowest BCUT2D eigenvalue weighted by Crippen LogP contribution is -2.14. The van der Waals surface area contributed by atoms with Crippen LogP contribution in [0.4, 0.5) is 13.2 Å². The van der Waals surface area contributed by atoms with Crippen molar-refractivity contribution in [2.24, 2.45) is 5.73 Å². The molecule has 14 heavy (non-hydrogen) atoms. The van der Waals surface area contributed by atoms with Crippen molar-refractivity contribution in [2.75, 3.05) is 6.54 Å². The summed E-state index contributed by atoms with van der Waals surface area (Å²) < 4.78 is 37.1. The summed E-state index contributed by atoms with van der Waals surface area (Å²) in [6.07, 6.45) is -4.34. The van der Waals surface area contributed by atoms with Gasteiger partial charge in [0.2, 0.25) is 0 Å². The molecule has 0 atom stereocenters. The molecule has 0 amide bonds. The van der Waals surface area contributed by atoms with Crippen LogP contribution in [0.3, 0.4) is 0 Å². The molecule has 6 heteroatoms. The average Bonchev–Trinajstić information content (AvgIpc) is 2.02. The third kappa shape index (κ3) is 2.59. The number of nitrogens with two attached hydrogens (primary N) is 1. The van der Waals surface area contributed by atoms with Crippen molar-refractivity contribution < 1.29 is 13.2 Å². The highest BCUT2D eigenvalue weighted by Crippen LogP contribution is 2.31. The van der Waals surface area contributed by atoms with E-state index in [9.17, 15) is 13.2 Å². The highest BCUT2D eigenvalue weighted by Gasteiger charge is 2.33. The van der Waals surface area contributed by atoms with Gasteiger partial charge in [-0.15, -0.1) is 0 Å². The van der Waals surface area contributed by atoms with Crippen LogP contribution in [-0.4, -0.2) is 11.5 Å². The summed E-state index contributed by atoms with van der Waals surface area (Å²) in [5, 5.41) is 0.0430.